The molecule has 0 fully saturated rings. The number of hydrogen-bond donors (Lipinski definition) is 2. The van der Waals surface area contributed by atoms with Crippen LogP contribution in [0, 0.1) is 5.92 Å². The summed E-state index contributed by atoms with van der Waals surface area (Å²) in [5.74, 6) is 0.279. The number of aromatic nitrogens is 4. The van der Waals surface area contributed by atoms with Gasteiger partial charge in [0.2, 0.25) is 0 Å². The lowest BCUT2D eigenvalue weighted by Crippen LogP contribution is -2.26. The Morgan fingerprint density at radius 1 is 1.38 bits per heavy atom. The van der Waals surface area contributed by atoms with E-state index in [-0.39, 0.29) is 22.1 Å². The van der Waals surface area contributed by atoms with Crippen LogP contribution >= 0.6 is 11.6 Å². The van der Waals surface area contributed by atoms with Crippen molar-refractivity contribution in [3.8, 4) is 0 Å². The van der Waals surface area contributed by atoms with E-state index in [1.165, 1.54) is 4.40 Å². The smallest absolute Gasteiger partial charge is 0.348 e. The largest absolute Gasteiger partial charge is 0.387 e. The molecule has 0 bridgehead atoms. The van der Waals surface area contributed by atoms with E-state index in [9.17, 15) is 9.90 Å². The number of aromatic amines is 1. The van der Waals surface area contributed by atoms with Gasteiger partial charge in [-0.05, 0) is 12.3 Å². The Kier molecular flexibility index (Phi) is 4.13. The number of nitrogens with one attached hydrogen (secondary N) is 1. The lowest BCUT2D eigenvalue weighted by Gasteiger charge is -2.25. The molecule has 0 spiro atoms. The predicted molar refractivity (Wildman–Crippen MR) is 81.7 cm³/mol. The van der Waals surface area contributed by atoms with Crippen molar-refractivity contribution < 1.29 is 5.11 Å². The van der Waals surface area contributed by atoms with Gasteiger partial charge in [-0.25, -0.2) is 19.3 Å². The number of halogens is 1. The molecule has 0 aromatic carbocycles. The number of aliphatic hydroxyl groups excluding tert-OH is 1. The van der Waals surface area contributed by atoms with Crippen LogP contribution < -0.4 is 5.69 Å². The summed E-state index contributed by atoms with van der Waals surface area (Å²) in [6, 6.07) is 0. The third-order valence-corrected chi connectivity index (χ3v) is 3.52. The van der Waals surface area contributed by atoms with Crippen LogP contribution in [0.2, 0.25) is 5.15 Å². The summed E-state index contributed by atoms with van der Waals surface area (Å²) in [6.45, 7) is 9.92. The molecule has 0 amide bonds. The van der Waals surface area contributed by atoms with E-state index < -0.39 is 11.8 Å². The lowest BCUT2D eigenvalue weighted by atomic mass is 9.87. The van der Waals surface area contributed by atoms with Crippen LogP contribution in [0.1, 0.15) is 58.5 Å². The summed E-state index contributed by atoms with van der Waals surface area (Å²) in [5.41, 5.74) is 0.540. The van der Waals surface area contributed by atoms with Crippen molar-refractivity contribution in [3.05, 3.63) is 27.0 Å². The van der Waals surface area contributed by atoms with Crippen molar-refractivity contribution in [1.29, 1.82) is 0 Å². The van der Waals surface area contributed by atoms with Gasteiger partial charge >= 0.3 is 5.69 Å². The van der Waals surface area contributed by atoms with E-state index >= 15 is 0 Å². The first-order chi connectivity index (χ1) is 9.62. The third kappa shape index (κ3) is 2.96. The SMILES string of the molecule is CC(C)CC(O)c1c(C(C)(C)C)nc(Cl)c2n[nH]c(=O)n12. The van der Waals surface area contributed by atoms with Gasteiger partial charge in [0, 0.05) is 5.41 Å². The zero-order valence-corrected chi connectivity index (χ0v) is 13.7. The van der Waals surface area contributed by atoms with E-state index in [1.54, 1.807) is 0 Å². The van der Waals surface area contributed by atoms with Gasteiger partial charge in [-0.1, -0.05) is 46.2 Å². The number of nitrogens with zero attached hydrogens (tertiary/aromatic N) is 3. The van der Waals surface area contributed by atoms with Crippen molar-refractivity contribution in [2.75, 3.05) is 0 Å². The fourth-order valence-electron chi connectivity index (χ4n) is 2.39. The van der Waals surface area contributed by atoms with Gasteiger partial charge in [-0.2, -0.15) is 0 Å². The molecule has 21 heavy (non-hydrogen) atoms. The van der Waals surface area contributed by atoms with Crippen LogP contribution in [0.25, 0.3) is 5.65 Å². The molecule has 1 unspecified atom stereocenters. The maximum Gasteiger partial charge on any atom is 0.348 e. The van der Waals surface area contributed by atoms with Crippen LogP contribution in [0.3, 0.4) is 0 Å². The first-order valence-electron chi connectivity index (χ1n) is 6.98. The number of aliphatic hydroxyl groups is 1. The second kappa shape index (κ2) is 5.42. The predicted octanol–water partition coefficient (Wildman–Crippen LogP) is 2.45. The summed E-state index contributed by atoms with van der Waals surface area (Å²) in [7, 11) is 0. The average molecular weight is 313 g/mol. The molecule has 2 N–H and O–H groups in total. The molecular formula is C14H21ClN4O2. The van der Waals surface area contributed by atoms with Crippen molar-refractivity contribution in [3.63, 3.8) is 0 Å². The number of fused-ring (bicyclic) bond motifs is 1. The van der Waals surface area contributed by atoms with Crippen LogP contribution in [0.5, 0.6) is 0 Å². The average Bonchev–Trinajstić information content (AvgIpc) is 2.70. The van der Waals surface area contributed by atoms with E-state index in [0.717, 1.165) is 0 Å². The highest BCUT2D eigenvalue weighted by molar-refractivity contribution is 6.32. The summed E-state index contributed by atoms with van der Waals surface area (Å²) < 4.78 is 1.34. The molecule has 0 aliphatic carbocycles. The minimum atomic E-state index is -0.804. The molecule has 0 saturated heterocycles. The molecule has 2 heterocycles. The topological polar surface area (TPSA) is 83.3 Å². The molecule has 1 atom stereocenters. The van der Waals surface area contributed by atoms with Gasteiger partial charge in [0.05, 0.1) is 17.5 Å². The zero-order chi connectivity index (χ0) is 15.9. The highest BCUT2D eigenvalue weighted by Crippen LogP contribution is 2.32. The Labute approximate surface area is 128 Å². The van der Waals surface area contributed by atoms with Gasteiger partial charge in [0.1, 0.15) is 0 Å². The van der Waals surface area contributed by atoms with E-state index in [4.69, 9.17) is 11.6 Å². The quantitative estimate of drug-likeness (QED) is 0.912. The van der Waals surface area contributed by atoms with Crippen LogP contribution in [-0.2, 0) is 5.41 Å². The number of hydrogen-bond acceptors (Lipinski definition) is 4. The normalized spacial score (nSPS) is 14.1. The molecule has 0 radical (unpaired) electrons. The molecule has 2 aromatic rings. The summed E-state index contributed by atoms with van der Waals surface area (Å²) in [5, 5.41) is 17.0. The highest BCUT2D eigenvalue weighted by Gasteiger charge is 2.29. The Morgan fingerprint density at radius 3 is 2.52 bits per heavy atom. The first kappa shape index (κ1) is 16.0. The van der Waals surface area contributed by atoms with Crippen molar-refractivity contribution >= 4 is 17.2 Å². The van der Waals surface area contributed by atoms with Crippen molar-refractivity contribution in [2.24, 2.45) is 5.92 Å². The molecule has 6 nitrogen and oxygen atoms in total. The Bertz CT molecular complexity index is 712. The zero-order valence-electron chi connectivity index (χ0n) is 12.9. The molecule has 2 rings (SSSR count). The Hall–Kier alpha value is -1.40. The minimum absolute atomic E-state index is 0.152. The Balaban J connectivity index is 2.83. The summed E-state index contributed by atoms with van der Waals surface area (Å²) >= 11 is 6.13. The molecule has 2 aromatic heterocycles. The van der Waals surface area contributed by atoms with Crippen LogP contribution in [-0.4, -0.2) is 24.7 Å². The second-order valence-electron chi connectivity index (χ2n) is 6.72. The van der Waals surface area contributed by atoms with Crippen molar-refractivity contribution in [2.45, 2.75) is 52.6 Å². The monoisotopic (exact) mass is 312 g/mol. The van der Waals surface area contributed by atoms with Gasteiger partial charge in [0.25, 0.3) is 0 Å². The highest BCUT2D eigenvalue weighted by atomic mass is 35.5. The molecule has 0 aliphatic rings. The second-order valence-corrected chi connectivity index (χ2v) is 7.08. The van der Waals surface area contributed by atoms with E-state index in [0.29, 0.717) is 17.8 Å². The van der Waals surface area contributed by atoms with Crippen molar-refractivity contribution in [1.82, 2.24) is 19.6 Å². The fraction of sp³-hybridized carbons (Fsp3) is 0.643. The summed E-state index contributed by atoms with van der Waals surface area (Å²) in [6.07, 6.45) is -0.277. The van der Waals surface area contributed by atoms with Crippen LogP contribution in [0.15, 0.2) is 4.79 Å². The maximum absolute atomic E-state index is 12.1. The van der Waals surface area contributed by atoms with Gasteiger partial charge in [-0.15, -0.1) is 5.10 Å². The number of rotatable bonds is 3. The Morgan fingerprint density at radius 2 is 2.00 bits per heavy atom. The van der Waals surface area contributed by atoms with Gasteiger partial charge in [0.15, 0.2) is 10.8 Å². The fourth-order valence-corrected chi connectivity index (χ4v) is 2.60. The van der Waals surface area contributed by atoms with Gasteiger partial charge in [-0.3, -0.25) is 0 Å². The van der Waals surface area contributed by atoms with E-state index in [1.807, 2.05) is 34.6 Å². The van der Waals surface area contributed by atoms with E-state index in [2.05, 4.69) is 15.2 Å². The molecule has 0 aliphatic heterocycles. The third-order valence-electron chi connectivity index (χ3n) is 3.27. The van der Waals surface area contributed by atoms with Gasteiger partial charge < -0.3 is 5.11 Å². The first-order valence-corrected chi connectivity index (χ1v) is 7.35. The molecule has 116 valence electrons. The molecule has 7 heteroatoms. The minimum Gasteiger partial charge on any atom is -0.387 e. The standard InChI is InChI=1S/C14H21ClN4O2/c1-7(2)6-8(20)9-10(14(3,4)5)16-11(15)12-17-18-13(21)19(9)12/h7-8,20H,6H2,1-5H3,(H,18,21). The molecular weight excluding hydrogens is 292 g/mol. The van der Waals surface area contributed by atoms with Crippen LogP contribution in [0.4, 0.5) is 0 Å². The lowest BCUT2D eigenvalue weighted by molar-refractivity contribution is 0.142. The maximum atomic E-state index is 12.1. The molecule has 0 saturated carbocycles. The summed E-state index contributed by atoms with van der Waals surface area (Å²) in [4.78, 5) is 16.4. The number of H-pyrrole nitrogens is 1.